The van der Waals surface area contributed by atoms with E-state index in [0.717, 1.165) is 0 Å². The van der Waals surface area contributed by atoms with Crippen LogP contribution in [0.4, 0.5) is 22.7 Å². The summed E-state index contributed by atoms with van der Waals surface area (Å²) in [6, 6.07) is 29.0. The van der Waals surface area contributed by atoms with Crippen molar-refractivity contribution < 1.29 is 0 Å². The number of hydrogen-bond acceptors (Lipinski definition) is 2. The molecule has 34 heavy (non-hydrogen) atoms. The minimum absolute atomic E-state index is 0.585. The summed E-state index contributed by atoms with van der Waals surface area (Å²) >= 11 is 0. The first kappa shape index (κ1) is 20.4. The van der Waals surface area contributed by atoms with Gasteiger partial charge in [-0.25, -0.2) is 0 Å². The summed E-state index contributed by atoms with van der Waals surface area (Å²) in [5.74, 6) is 0. The maximum absolute atomic E-state index is 2.75. The van der Waals surface area contributed by atoms with Gasteiger partial charge in [-0.05, 0) is 71.5 Å². The lowest BCUT2D eigenvalue weighted by atomic mass is 9.88. The van der Waals surface area contributed by atoms with E-state index in [1.165, 1.54) is 109 Å². The van der Waals surface area contributed by atoms with Crippen LogP contribution in [0.3, 0.4) is 0 Å². The number of benzene rings is 4. The average molecular weight is 447 g/mol. The standard InChI is InChI=1S/C32H34N2/c1-3-15-27(16-4-1)33-29-19-23-11-7-9-13-25(23)21-31(29)34(28-17-5-2-6-18-28)32-22-26-14-10-8-12-24(26)20-30(32)33/h7-14,19-22,27-28H,1-6,15-18H2. The Morgan fingerprint density at radius 1 is 0.412 bits per heavy atom. The molecule has 4 aromatic rings. The molecule has 0 spiro atoms. The predicted molar refractivity (Wildman–Crippen MR) is 146 cm³/mol. The molecule has 172 valence electrons. The van der Waals surface area contributed by atoms with Gasteiger partial charge in [-0.15, -0.1) is 0 Å². The first-order chi connectivity index (χ1) is 16.9. The van der Waals surface area contributed by atoms with Crippen molar-refractivity contribution >= 4 is 44.3 Å². The van der Waals surface area contributed by atoms with Gasteiger partial charge in [0, 0.05) is 12.1 Å². The SMILES string of the molecule is c1ccc2cc3c(cc2c1)N(C1CCCCC1)c1cc2ccccc2cc1N3C1CCCCC1. The molecule has 1 heterocycles. The largest absolute Gasteiger partial charge is 0.335 e. The highest BCUT2D eigenvalue weighted by Gasteiger charge is 2.37. The monoisotopic (exact) mass is 446 g/mol. The summed E-state index contributed by atoms with van der Waals surface area (Å²) < 4.78 is 0. The molecule has 4 aromatic carbocycles. The molecule has 0 unspecified atom stereocenters. The van der Waals surface area contributed by atoms with Gasteiger partial charge in [0.25, 0.3) is 0 Å². The third-order valence-electron chi connectivity index (χ3n) is 8.60. The fourth-order valence-corrected chi connectivity index (χ4v) is 6.93. The van der Waals surface area contributed by atoms with Gasteiger partial charge in [0.1, 0.15) is 0 Å². The Kier molecular flexibility index (Phi) is 5.00. The molecule has 0 radical (unpaired) electrons. The number of fused-ring (bicyclic) bond motifs is 4. The third-order valence-corrected chi connectivity index (χ3v) is 8.60. The summed E-state index contributed by atoms with van der Waals surface area (Å²) in [6.07, 6.45) is 13.3. The minimum atomic E-state index is 0.585. The van der Waals surface area contributed by atoms with Gasteiger partial charge in [-0.2, -0.15) is 0 Å². The van der Waals surface area contributed by atoms with Crippen molar-refractivity contribution in [2.45, 2.75) is 76.3 Å². The van der Waals surface area contributed by atoms with Crippen molar-refractivity contribution in [1.29, 1.82) is 0 Å². The molecule has 0 amide bonds. The fourth-order valence-electron chi connectivity index (χ4n) is 6.93. The second kappa shape index (κ2) is 8.34. The molecule has 2 saturated carbocycles. The van der Waals surface area contributed by atoms with Gasteiger partial charge in [0.2, 0.25) is 0 Å². The smallest absolute Gasteiger partial charge is 0.0661 e. The van der Waals surface area contributed by atoms with Gasteiger partial charge in [0.05, 0.1) is 22.7 Å². The minimum Gasteiger partial charge on any atom is -0.335 e. The van der Waals surface area contributed by atoms with Crippen molar-refractivity contribution in [2.24, 2.45) is 0 Å². The van der Waals surface area contributed by atoms with Crippen LogP contribution in [0.2, 0.25) is 0 Å². The second-order valence-electron chi connectivity index (χ2n) is 10.7. The third kappa shape index (κ3) is 3.30. The molecule has 7 rings (SSSR count). The summed E-state index contributed by atoms with van der Waals surface area (Å²) in [5, 5.41) is 5.43. The van der Waals surface area contributed by atoms with Crippen LogP contribution in [0.5, 0.6) is 0 Å². The molecule has 2 fully saturated rings. The topological polar surface area (TPSA) is 6.48 Å². The molecule has 0 N–H and O–H groups in total. The highest BCUT2D eigenvalue weighted by molar-refractivity contribution is 6.04. The highest BCUT2D eigenvalue weighted by atomic mass is 15.3. The normalized spacial score (nSPS) is 19.4. The molecule has 2 nitrogen and oxygen atoms in total. The van der Waals surface area contributed by atoms with Crippen LogP contribution in [0, 0.1) is 0 Å². The zero-order valence-electron chi connectivity index (χ0n) is 20.0. The lowest BCUT2D eigenvalue weighted by Crippen LogP contribution is -2.41. The van der Waals surface area contributed by atoms with E-state index in [-0.39, 0.29) is 0 Å². The van der Waals surface area contributed by atoms with Crippen LogP contribution in [0.1, 0.15) is 64.2 Å². The molecule has 2 heteroatoms. The maximum atomic E-state index is 2.75. The van der Waals surface area contributed by atoms with Crippen molar-refractivity contribution in [1.82, 2.24) is 0 Å². The van der Waals surface area contributed by atoms with Crippen LogP contribution >= 0.6 is 0 Å². The summed E-state index contributed by atoms with van der Waals surface area (Å²) in [6.45, 7) is 0. The van der Waals surface area contributed by atoms with E-state index in [2.05, 4.69) is 82.6 Å². The van der Waals surface area contributed by atoms with Crippen molar-refractivity contribution in [3.05, 3.63) is 72.8 Å². The molecule has 3 aliphatic rings. The Morgan fingerprint density at radius 3 is 1.00 bits per heavy atom. The van der Waals surface area contributed by atoms with Gasteiger partial charge in [0.15, 0.2) is 0 Å². The predicted octanol–water partition coefficient (Wildman–Crippen LogP) is 9.25. The van der Waals surface area contributed by atoms with Crippen LogP contribution in [0.25, 0.3) is 21.5 Å². The number of anilines is 4. The van der Waals surface area contributed by atoms with Crippen LogP contribution in [-0.4, -0.2) is 12.1 Å². The number of rotatable bonds is 2. The highest BCUT2D eigenvalue weighted by Crippen LogP contribution is 2.54. The Bertz CT molecular complexity index is 1150. The van der Waals surface area contributed by atoms with E-state index in [1.807, 2.05) is 0 Å². The molecule has 0 bridgehead atoms. The maximum Gasteiger partial charge on any atom is 0.0661 e. The Hall–Kier alpha value is -3.00. The van der Waals surface area contributed by atoms with Crippen molar-refractivity contribution in [3.63, 3.8) is 0 Å². The summed E-state index contributed by atoms with van der Waals surface area (Å²) in [7, 11) is 0. The molecular formula is C32H34N2. The quantitative estimate of drug-likeness (QED) is 0.303. The Balaban J connectivity index is 1.51. The summed E-state index contributed by atoms with van der Waals surface area (Å²) in [5.41, 5.74) is 5.72. The molecular weight excluding hydrogens is 412 g/mol. The Morgan fingerprint density at radius 2 is 0.706 bits per heavy atom. The average Bonchev–Trinajstić information content (AvgIpc) is 2.90. The van der Waals surface area contributed by atoms with Crippen LogP contribution in [-0.2, 0) is 0 Å². The van der Waals surface area contributed by atoms with E-state index in [0.29, 0.717) is 12.1 Å². The fraction of sp³-hybridized carbons (Fsp3) is 0.375. The van der Waals surface area contributed by atoms with Gasteiger partial charge >= 0.3 is 0 Å². The molecule has 1 aliphatic heterocycles. The van der Waals surface area contributed by atoms with Crippen molar-refractivity contribution in [3.8, 4) is 0 Å². The van der Waals surface area contributed by atoms with Gasteiger partial charge in [-0.1, -0.05) is 87.1 Å². The lowest BCUT2D eigenvalue weighted by molar-refractivity contribution is 0.425. The zero-order chi connectivity index (χ0) is 22.5. The molecule has 0 aromatic heterocycles. The van der Waals surface area contributed by atoms with Crippen molar-refractivity contribution in [2.75, 3.05) is 9.80 Å². The Labute approximate surface area is 203 Å². The first-order valence-corrected chi connectivity index (χ1v) is 13.5. The van der Waals surface area contributed by atoms with E-state index < -0.39 is 0 Å². The van der Waals surface area contributed by atoms with E-state index in [9.17, 15) is 0 Å². The van der Waals surface area contributed by atoms with Gasteiger partial charge in [-0.3, -0.25) is 0 Å². The van der Waals surface area contributed by atoms with E-state index in [1.54, 1.807) is 0 Å². The molecule has 0 saturated heterocycles. The number of hydrogen-bond donors (Lipinski definition) is 0. The zero-order valence-corrected chi connectivity index (χ0v) is 20.0. The second-order valence-corrected chi connectivity index (χ2v) is 10.7. The van der Waals surface area contributed by atoms with Crippen LogP contribution in [0.15, 0.2) is 72.8 Å². The van der Waals surface area contributed by atoms with E-state index >= 15 is 0 Å². The number of nitrogens with zero attached hydrogens (tertiary/aromatic N) is 2. The van der Waals surface area contributed by atoms with Crippen LogP contribution < -0.4 is 9.80 Å². The summed E-state index contributed by atoms with van der Waals surface area (Å²) in [4.78, 5) is 5.50. The van der Waals surface area contributed by atoms with E-state index in [4.69, 9.17) is 0 Å². The lowest BCUT2D eigenvalue weighted by Gasteiger charge is -2.48. The molecule has 0 atom stereocenters. The molecule has 2 aliphatic carbocycles. The first-order valence-electron chi connectivity index (χ1n) is 13.5. The van der Waals surface area contributed by atoms with Gasteiger partial charge < -0.3 is 9.80 Å².